The Labute approximate surface area is 191 Å². The Morgan fingerprint density at radius 3 is 2.12 bits per heavy atom. The average Bonchev–Trinajstić information content (AvgIpc) is 2.82. The summed E-state index contributed by atoms with van der Waals surface area (Å²) < 4.78 is 42.6. The van der Waals surface area contributed by atoms with E-state index in [9.17, 15) is 13.2 Å². The fourth-order valence-corrected chi connectivity index (χ4v) is 5.99. The highest BCUT2D eigenvalue weighted by molar-refractivity contribution is 7.89. The molecule has 1 saturated heterocycles. The SMILES string of the molecule is CCCS(=O)(=O)N1CCC(C(=O)N2CC=C(c3c(OC)cc(OC)cc3OC)CC2)CC1. The number of piperidine rings is 1. The normalized spacial score (nSPS) is 18.2. The van der Waals surface area contributed by atoms with Gasteiger partial charge in [-0.05, 0) is 31.3 Å². The average molecular weight is 467 g/mol. The molecule has 0 aromatic heterocycles. The molecule has 0 unspecified atom stereocenters. The van der Waals surface area contributed by atoms with Crippen LogP contribution in [0, 0.1) is 5.92 Å². The number of benzene rings is 1. The van der Waals surface area contributed by atoms with Gasteiger partial charge in [0.1, 0.15) is 17.2 Å². The molecular formula is C23H34N2O6S. The minimum atomic E-state index is -3.20. The summed E-state index contributed by atoms with van der Waals surface area (Å²) >= 11 is 0. The van der Waals surface area contributed by atoms with Crippen LogP contribution >= 0.6 is 0 Å². The van der Waals surface area contributed by atoms with Crippen molar-refractivity contribution in [2.75, 3.05) is 53.3 Å². The summed E-state index contributed by atoms with van der Waals surface area (Å²) in [6, 6.07) is 3.66. The topological polar surface area (TPSA) is 85.4 Å². The highest BCUT2D eigenvalue weighted by Gasteiger charge is 2.33. The van der Waals surface area contributed by atoms with E-state index in [1.165, 1.54) is 4.31 Å². The van der Waals surface area contributed by atoms with E-state index in [1.54, 1.807) is 21.3 Å². The molecule has 0 N–H and O–H groups in total. The second-order valence-corrected chi connectivity index (χ2v) is 10.2. The van der Waals surface area contributed by atoms with Crippen LogP contribution in [0.4, 0.5) is 0 Å². The predicted molar refractivity (Wildman–Crippen MR) is 124 cm³/mol. The van der Waals surface area contributed by atoms with E-state index in [4.69, 9.17) is 14.2 Å². The molecule has 1 amide bonds. The third kappa shape index (κ3) is 5.20. The largest absolute Gasteiger partial charge is 0.496 e. The fourth-order valence-electron chi connectivity index (χ4n) is 4.44. The lowest BCUT2D eigenvalue weighted by Crippen LogP contribution is -2.45. The van der Waals surface area contributed by atoms with Gasteiger partial charge in [-0.1, -0.05) is 13.0 Å². The van der Waals surface area contributed by atoms with Gasteiger partial charge in [0.15, 0.2) is 0 Å². The minimum Gasteiger partial charge on any atom is -0.496 e. The molecule has 178 valence electrons. The number of amides is 1. The van der Waals surface area contributed by atoms with Crippen LogP contribution in [0.2, 0.25) is 0 Å². The molecule has 0 saturated carbocycles. The van der Waals surface area contributed by atoms with Crippen LogP contribution in [0.1, 0.15) is 38.2 Å². The van der Waals surface area contributed by atoms with Crippen LogP contribution in [-0.4, -0.2) is 76.8 Å². The molecule has 0 bridgehead atoms. The Morgan fingerprint density at radius 1 is 1.03 bits per heavy atom. The van der Waals surface area contributed by atoms with Gasteiger partial charge >= 0.3 is 0 Å². The van der Waals surface area contributed by atoms with E-state index in [-0.39, 0.29) is 17.6 Å². The quantitative estimate of drug-likeness (QED) is 0.586. The Bertz CT molecular complexity index is 926. The monoisotopic (exact) mass is 466 g/mol. The van der Waals surface area contributed by atoms with Gasteiger partial charge in [-0.25, -0.2) is 12.7 Å². The first-order valence-electron chi connectivity index (χ1n) is 11.1. The van der Waals surface area contributed by atoms with Gasteiger partial charge in [0.2, 0.25) is 15.9 Å². The molecule has 1 aromatic carbocycles. The molecule has 2 aliphatic heterocycles. The first-order chi connectivity index (χ1) is 15.3. The van der Waals surface area contributed by atoms with E-state index in [0.717, 1.165) is 11.1 Å². The summed E-state index contributed by atoms with van der Waals surface area (Å²) in [5.41, 5.74) is 1.96. The molecule has 2 heterocycles. The number of sulfonamides is 1. The third-order valence-electron chi connectivity index (χ3n) is 6.22. The first kappa shape index (κ1) is 24.4. The van der Waals surface area contributed by atoms with Crippen molar-refractivity contribution in [2.24, 2.45) is 5.92 Å². The maximum absolute atomic E-state index is 13.1. The number of carbonyl (C=O) groups excluding carboxylic acids is 1. The third-order valence-corrected chi connectivity index (χ3v) is 8.29. The van der Waals surface area contributed by atoms with Gasteiger partial charge in [0.25, 0.3) is 0 Å². The van der Waals surface area contributed by atoms with Gasteiger partial charge in [-0.3, -0.25) is 4.79 Å². The summed E-state index contributed by atoms with van der Waals surface area (Å²) in [6.07, 6.45) is 4.50. The summed E-state index contributed by atoms with van der Waals surface area (Å²) in [7, 11) is 1.63. The molecule has 0 aliphatic carbocycles. The van der Waals surface area contributed by atoms with Crippen molar-refractivity contribution in [3.05, 3.63) is 23.8 Å². The van der Waals surface area contributed by atoms with E-state index in [0.29, 0.717) is 69.1 Å². The van der Waals surface area contributed by atoms with Gasteiger partial charge in [-0.15, -0.1) is 0 Å². The molecule has 0 atom stereocenters. The zero-order valence-electron chi connectivity index (χ0n) is 19.4. The number of carbonyl (C=O) groups is 1. The van der Waals surface area contributed by atoms with Crippen molar-refractivity contribution in [3.63, 3.8) is 0 Å². The zero-order chi connectivity index (χ0) is 23.3. The molecule has 32 heavy (non-hydrogen) atoms. The Hall–Kier alpha value is -2.26. The maximum Gasteiger partial charge on any atom is 0.226 e. The molecule has 2 aliphatic rings. The van der Waals surface area contributed by atoms with E-state index < -0.39 is 10.0 Å². The Kier molecular flexibility index (Phi) is 8.05. The molecule has 3 rings (SSSR count). The predicted octanol–water partition coefficient (Wildman–Crippen LogP) is 2.78. The van der Waals surface area contributed by atoms with Gasteiger partial charge < -0.3 is 19.1 Å². The number of rotatable bonds is 8. The Morgan fingerprint density at radius 2 is 1.66 bits per heavy atom. The van der Waals surface area contributed by atoms with Crippen LogP contribution in [0.15, 0.2) is 18.2 Å². The van der Waals surface area contributed by atoms with Crippen molar-refractivity contribution in [1.29, 1.82) is 0 Å². The lowest BCUT2D eigenvalue weighted by atomic mass is 9.93. The number of ether oxygens (including phenoxy) is 3. The lowest BCUT2D eigenvalue weighted by molar-refractivity contribution is -0.136. The number of nitrogens with zero attached hydrogens (tertiary/aromatic N) is 2. The lowest BCUT2D eigenvalue weighted by Gasteiger charge is -2.35. The maximum atomic E-state index is 13.1. The molecule has 8 nitrogen and oxygen atoms in total. The van der Waals surface area contributed by atoms with Crippen molar-refractivity contribution in [1.82, 2.24) is 9.21 Å². The first-order valence-corrected chi connectivity index (χ1v) is 12.7. The molecule has 0 spiro atoms. The summed E-state index contributed by atoms with van der Waals surface area (Å²) in [5.74, 6) is 2.16. The number of methoxy groups -OCH3 is 3. The van der Waals surface area contributed by atoms with Gasteiger partial charge in [0, 0.05) is 44.2 Å². The van der Waals surface area contributed by atoms with E-state index in [2.05, 4.69) is 6.08 Å². The van der Waals surface area contributed by atoms with Crippen molar-refractivity contribution in [3.8, 4) is 17.2 Å². The smallest absolute Gasteiger partial charge is 0.226 e. The second-order valence-electron chi connectivity index (χ2n) is 8.16. The molecular weight excluding hydrogens is 432 g/mol. The molecule has 1 fully saturated rings. The zero-order valence-corrected chi connectivity index (χ0v) is 20.2. The van der Waals surface area contributed by atoms with Crippen LogP contribution in [-0.2, 0) is 14.8 Å². The summed E-state index contributed by atoms with van der Waals surface area (Å²) in [5, 5.41) is 0. The minimum absolute atomic E-state index is 0.113. The highest BCUT2D eigenvalue weighted by Crippen LogP contribution is 2.41. The van der Waals surface area contributed by atoms with Gasteiger partial charge in [0.05, 0.1) is 32.6 Å². The number of hydrogen-bond donors (Lipinski definition) is 0. The van der Waals surface area contributed by atoms with Crippen LogP contribution in [0.25, 0.3) is 5.57 Å². The Balaban J connectivity index is 1.67. The highest BCUT2D eigenvalue weighted by atomic mass is 32.2. The van der Waals surface area contributed by atoms with Crippen molar-refractivity contribution >= 4 is 21.5 Å². The van der Waals surface area contributed by atoms with Crippen molar-refractivity contribution < 1.29 is 27.4 Å². The van der Waals surface area contributed by atoms with Crippen LogP contribution in [0.3, 0.4) is 0 Å². The standard InChI is InChI=1S/C23H34N2O6S/c1-5-14-32(27,28)25-12-8-18(9-13-25)23(26)24-10-6-17(7-11-24)22-20(30-3)15-19(29-2)16-21(22)31-4/h6,15-16,18H,5,7-14H2,1-4H3. The second kappa shape index (κ2) is 10.6. The van der Waals surface area contributed by atoms with Crippen LogP contribution in [0.5, 0.6) is 17.2 Å². The van der Waals surface area contributed by atoms with Gasteiger partial charge in [-0.2, -0.15) is 0 Å². The fraction of sp³-hybridized carbons (Fsp3) is 0.609. The van der Waals surface area contributed by atoms with Crippen molar-refractivity contribution in [2.45, 2.75) is 32.6 Å². The molecule has 0 radical (unpaired) electrons. The summed E-state index contributed by atoms with van der Waals surface area (Å²) in [4.78, 5) is 14.9. The summed E-state index contributed by atoms with van der Waals surface area (Å²) in [6.45, 7) is 3.84. The molecule has 9 heteroatoms. The molecule has 1 aromatic rings. The van der Waals surface area contributed by atoms with E-state index in [1.807, 2.05) is 24.0 Å². The van der Waals surface area contributed by atoms with Crippen LogP contribution < -0.4 is 14.2 Å². The van der Waals surface area contributed by atoms with E-state index >= 15 is 0 Å². The number of hydrogen-bond acceptors (Lipinski definition) is 6.